The van der Waals surface area contributed by atoms with Crippen LogP contribution >= 0.6 is 15.9 Å². The number of hydrogen-bond donors (Lipinski definition) is 0. The highest BCUT2D eigenvalue weighted by atomic mass is 79.9. The van der Waals surface area contributed by atoms with Crippen molar-refractivity contribution in [2.45, 2.75) is 13.8 Å². The van der Waals surface area contributed by atoms with Crippen LogP contribution in [-0.4, -0.2) is 44.0 Å². The highest BCUT2D eigenvalue weighted by Crippen LogP contribution is 2.24. The molecule has 2 aromatic carbocycles. The van der Waals surface area contributed by atoms with Gasteiger partial charge in [0.15, 0.2) is 10.4 Å². The van der Waals surface area contributed by atoms with E-state index in [4.69, 9.17) is 9.15 Å². The van der Waals surface area contributed by atoms with Gasteiger partial charge in [0, 0.05) is 14.1 Å². The van der Waals surface area contributed by atoms with Crippen molar-refractivity contribution >= 4 is 33.4 Å². The van der Waals surface area contributed by atoms with Gasteiger partial charge in [-0.05, 0) is 77.3 Å². The number of nitrogens with zero attached hydrogens (tertiary/aromatic N) is 2. The number of carbonyl (C=O) groups is 2. The summed E-state index contributed by atoms with van der Waals surface area (Å²) in [5.41, 5.74) is 3.19. The Balaban J connectivity index is 1.69. The summed E-state index contributed by atoms with van der Waals surface area (Å²) in [6.07, 6.45) is 0. The fourth-order valence-electron chi connectivity index (χ4n) is 3.27. The Labute approximate surface area is 190 Å². The zero-order valence-electron chi connectivity index (χ0n) is 18.0. The third kappa shape index (κ3) is 5.55. The molecular weight excluding hydrogens is 460 g/mol. The number of ether oxygens (including phenoxy) is 1. The molecule has 31 heavy (non-hydrogen) atoms. The average molecular weight is 485 g/mol. The van der Waals surface area contributed by atoms with Crippen LogP contribution in [0.4, 0.5) is 5.69 Å². The van der Waals surface area contributed by atoms with Gasteiger partial charge < -0.3 is 19.0 Å². The van der Waals surface area contributed by atoms with Crippen LogP contribution in [0.25, 0.3) is 0 Å². The summed E-state index contributed by atoms with van der Waals surface area (Å²) in [5, 5.41) is 0. The van der Waals surface area contributed by atoms with Crippen LogP contribution in [0.5, 0.6) is 5.75 Å². The Kier molecular flexibility index (Phi) is 7.17. The van der Waals surface area contributed by atoms with E-state index in [0.717, 1.165) is 16.9 Å². The summed E-state index contributed by atoms with van der Waals surface area (Å²) >= 11 is 3.20. The second kappa shape index (κ2) is 9.83. The molecule has 0 fully saturated rings. The molecule has 0 aliphatic rings. The average Bonchev–Trinajstić information content (AvgIpc) is 3.17. The molecule has 3 rings (SSSR count). The second-order valence-corrected chi connectivity index (χ2v) is 8.17. The Morgan fingerprint density at radius 1 is 0.968 bits per heavy atom. The van der Waals surface area contributed by atoms with Crippen molar-refractivity contribution in [3.8, 4) is 5.75 Å². The first kappa shape index (κ1) is 22.6. The molecule has 2 amide bonds. The Bertz CT molecular complexity index is 1070. The lowest BCUT2D eigenvalue weighted by Gasteiger charge is -2.23. The van der Waals surface area contributed by atoms with Crippen molar-refractivity contribution < 1.29 is 18.7 Å². The molecule has 0 aliphatic heterocycles. The van der Waals surface area contributed by atoms with E-state index in [1.165, 1.54) is 4.90 Å². The first-order valence-electron chi connectivity index (χ1n) is 9.85. The maximum Gasteiger partial charge on any atom is 0.293 e. The standard InChI is InChI=1S/C24H25BrN2O4/c1-16-13-17(2)15-18(14-16)30-12-11-26(3)23(28)19-7-5-6-8-20(19)27(4)24(29)21-9-10-22(25)31-21/h5-10,13-15H,11-12H2,1-4H3. The molecule has 0 aliphatic carbocycles. The number of rotatable bonds is 7. The second-order valence-electron chi connectivity index (χ2n) is 7.38. The zero-order chi connectivity index (χ0) is 22.5. The molecule has 0 saturated heterocycles. The van der Waals surface area contributed by atoms with Crippen molar-refractivity contribution in [1.29, 1.82) is 0 Å². The molecule has 0 N–H and O–H groups in total. The first-order valence-corrected chi connectivity index (χ1v) is 10.6. The normalized spacial score (nSPS) is 10.6. The van der Waals surface area contributed by atoms with Crippen molar-refractivity contribution in [1.82, 2.24) is 4.90 Å². The largest absolute Gasteiger partial charge is 0.492 e. The van der Waals surface area contributed by atoms with Crippen LogP contribution < -0.4 is 9.64 Å². The highest BCUT2D eigenvalue weighted by molar-refractivity contribution is 9.10. The maximum atomic E-state index is 13.1. The Morgan fingerprint density at radius 2 is 1.65 bits per heavy atom. The predicted molar refractivity (Wildman–Crippen MR) is 124 cm³/mol. The van der Waals surface area contributed by atoms with E-state index in [2.05, 4.69) is 22.0 Å². The fourth-order valence-corrected chi connectivity index (χ4v) is 3.58. The number of para-hydroxylation sites is 1. The summed E-state index contributed by atoms with van der Waals surface area (Å²) in [6, 6.07) is 16.3. The maximum absolute atomic E-state index is 13.1. The van der Waals surface area contributed by atoms with E-state index >= 15 is 0 Å². The number of aryl methyl sites for hydroxylation is 2. The molecule has 3 aromatic rings. The molecule has 1 heterocycles. The van der Waals surface area contributed by atoms with Gasteiger partial charge >= 0.3 is 0 Å². The smallest absolute Gasteiger partial charge is 0.293 e. The van der Waals surface area contributed by atoms with Crippen molar-refractivity contribution in [2.24, 2.45) is 0 Å². The van der Waals surface area contributed by atoms with Gasteiger partial charge in [-0.2, -0.15) is 0 Å². The number of halogens is 1. The SMILES string of the molecule is Cc1cc(C)cc(OCCN(C)C(=O)c2ccccc2N(C)C(=O)c2ccc(Br)o2)c1. The lowest BCUT2D eigenvalue weighted by Crippen LogP contribution is -2.33. The summed E-state index contributed by atoms with van der Waals surface area (Å²) in [6.45, 7) is 4.81. The zero-order valence-corrected chi connectivity index (χ0v) is 19.6. The third-order valence-electron chi connectivity index (χ3n) is 4.82. The van der Waals surface area contributed by atoms with Crippen molar-refractivity contribution in [3.05, 3.63) is 81.7 Å². The van der Waals surface area contributed by atoms with Crippen LogP contribution in [0.2, 0.25) is 0 Å². The number of carbonyl (C=O) groups excluding carboxylic acids is 2. The molecule has 0 unspecified atom stereocenters. The van der Waals surface area contributed by atoms with Crippen LogP contribution in [0.3, 0.4) is 0 Å². The van der Waals surface area contributed by atoms with E-state index in [9.17, 15) is 9.59 Å². The molecule has 0 spiro atoms. The highest BCUT2D eigenvalue weighted by Gasteiger charge is 2.23. The van der Waals surface area contributed by atoms with Gasteiger partial charge in [0.2, 0.25) is 0 Å². The minimum atomic E-state index is -0.341. The molecule has 0 atom stereocenters. The minimum Gasteiger partial charge on any atom is -0.492 e. The summed E-state index contributed by atoms with van der Waals surface area (Å²) in [7, 11) is 3.34. The number of likely N-dealkylation sites (N-methyl/N-ethyl adjacent to an activating group) is 1. The number of amides is 2. The van der Waals surface area contributed by atoms with Gasteiger partial charge in [0.05, 0.1) is 17.8 Å². The monoisotopic (exact) mass is 484 g/mol. The molecular formula is C24H25BrN2O4. The van der Waals surface area contributed by atoms with Crippen LogP contribution in [-0.2, 0) is 0 Å². The number of hydrogen-bond acceptors (Lipinski definition) is 4. The summed E-state index contributed by atoms with van der Waals surface area (Å²) in [5.74, 6) is 0.437. The van der Waals surface area contributed by atoms with Gasteiger partial charge in [0.25, 0.3) is 11.8 Å². The topological polar surface area (TPSA) is 63.0 Å². The van der Waals surface area contributed by atoms with Gasteiger partial charge in [-0.3, -0.25) is 9.59 Å². The van der Waals surface area contributed by atoms with Gasteiger partial charge in [0.1, 0.15) is 12.4 Å². The molecule has 7 heteroatoms. The van der Waals surface area contributed by atoms with E-state index in [1.807, 2.05) is 26.0 Å². The van der Waals surface area contributed by atoms with Gasteiger partial charge in [-0.1, -0.05) is 18.2 Å². The van der Waals surface area contributed by atoms with E-state index in [0.29, 0.717) is 29.1 Å². The number of benzene rings is 2. The first-order chi connectivity index (χ1) is 14.8. The molecule has 6 nitrogen and oxygen atoms in total. The van der Waals surface area contributed by atoms with Crippen LogP contribution in [0.15, 0.2) is 63.7 Å². The van der Waals surface area contributed by atoms with Crippen molar-refractivity contribution in [2.75, 3.05) is 32.1 Å². The van der Waals surface area contributed by atoms with Gasteiger partial charge in [-0.25, -0.2) is 0 Å². The van der Waals surface area contributed by atoms with Crippen LogP contribution in [0.1, 0.15) is 32.0 Å². The lowest BCUT2D eigenvalue weighted by molar-refractivity contribution is 0.0774. The summed E-state index contributed by atoms with van der Waals surface area (Å²) < 4.78 is 11.7. The van der Waals surface area contributed by atoms with E-state index < -0.39 is 0 Å². The van der Waals surface area contributed by atoms with E-state index in [-0.39, 0.29) is 17.6 Å². The third-order valence-corrected chi connectivity index (χ3v) is 5.25. The van der Waals surface area contributed by atoms with Crippen LogP contribution in [0, 0.1) is 13.8 Å². The fraction of sp³-hybridized carbons (Fsp3) is 0.250. The molecule has 0 radical (unpaired) electrons. The van der Waals surface area contributed by atoms with Crippen molar-refractivity contribution in [3.63, 3.8) is 0 Å². The molecule has 0 bridgehead atoms. The number of furan rings is 1. The molecule has 1 aromatic heterocycles. The lowest BCUT2D eigenvalue weighted by atomic mass is 10.1. The number of anilines is 1. The molecule has 0 saturated carbocycles. The summed E-state index contributed by atoms with van der Waals surface area (Å²) in [4.78, 5) is 28.8. The molecule has 162 valence electrons. The van der Waals surface area contributed by atoms with E-state index in [1.54, 1.807) is 55.4 Å². The Hall–Kier alpha value is -3.06. The predicted octanol–water partition coefficient (Wildman–Crippen LogP) is 5.09. The Morgan fingerprint density at radius 3 is 2.29 bits per heavy atom. The van der Waals surface area contributed by atoms with Gasteiger partial charge in [-0.15, -0.1) is 0 Å². The quantitative estimate of drug-likeness (QED) is 0.468. The minimum absolute atomic E-state index is 0.187.